The van der Waals surface area contributed by atoms with Crippen molar-refractivity contribution in [2.24, 2.45) is 0 Å². The normalized spacial score (nSPS) is 14.3. The molecule has 1 aromatic rings. The maximum absolute atomic E-state index is 12.1. The molecular weight excluding hydrogens is 308 g/mol. The smallest absolute Gasteiger partial charge is 0.251 e. The summed E-state index contributed by atoms with van der Waals surface area (Å²) in [5.41, 5.74) is 0.589. The number of rotatable bonds is 5. The van der Waals surface area contributed by atoms with Gasteiger partial charge in [0, 0.05) is 23.1 Å². The lowest BCUT2D eigenvalue weighted by atomic mass is 10.1. The summed E-state index contributed by atoms with van der Waals surface area (Å²) in [6.07, 6.45) is 0. The topological polar surface area (TPSA) is 52.6 Å². The highest BCUT2D eigenvalue weighted by molar-refractivity contribution is 9.10. The van der Waals surface area contributed by atoms with Crippen molar-refractivity contribution in [2.75, 3.05) is 27.2 Å². The summed E-state index contributed by atoms with van der Waals surface area (Å²) in [7, 11) is 3.77. The molecule has 0 heterocycles. The van der Waals surface area contributed by atoms with Crippen molar-refractivity contribution in [3.63, 3.8) is 0 Å². The number of nitrogens with one attached hydrogen (secondary N) is 1. The van der Waals surface area contributed by atoms with Crippen molar-refractivity contribution < 1.29 is 9.90 Å². The molecule has 0 aliphatic heterocycles. The molecule has 1 unspecified atom stereocenters. The van der Waals surface area contributed by atoms with Crippen LogP contribution in [0.25, 0.3) is 0 Å². The second-order valence-electron chi connectivity index (χ2n) is 5.38. The van der Waals surface area contributed by atoms with Gasteiger partial charge in [-0.25, -0.2) is 0 Å². The molecule has 0 aliphatic carbocycles. The molecule has 5 heteroatoms. The molecule has 0 aliphatic rings. The molecule has 0 saturated heterocycles. The third-order valence-corrected chi connectivity index (χ3v) is 3.21. The SMILES string of the molecule is Cc1cc(Br)ccc1C(=O)NCC(C)(O)CN(C)C. The van der Waals surface area contributed by atoms with Crippen LogP contribution >= 0.6 is 15.9 Å². The first kappa shape index (κ1) is 16.1. The number of nitrogens with zero attached hydrogens (tertiary/aromatic N) is 1. The Hall–Kier alpha value is -0.910. The van der Waals surface area contributed by atoms with Crippen LogP contribution in [0.4, 0.5) is 0 Å². The van der Waals surface area contributed by atoms with Gasteiger partial charge in [-0.15, -0.1) is 0 Å². The summed E-state index contributed by atoms with van der Waals surface area (Å²) in [5.74, 6) is -0.163. The van der Waals surface area contributed by atoms with Crippen LogP contribution in [-0.2, 0) is 0 Å². The van der Waals surface area contributed by atoms with Gasteiger partial charge in [-0.3, -0.25) is 4.79 Å². The van der Waals surface area contributed by atoms with E-state index in [0.717, 1.165) is 10.0 Å². The fourth-order valence-corrected chi connectivity index (χ4v) is 2.46. The second kappa shape index (κ2) is 6.50. The number of hydrogen-bond donors (Lipinski definition) is 2. The summed E-state index contributed by atoms with van der Waals surface area (Å²) < 4.78 is 0.946. The third kappa shape index (κ3) is 5.30. The van der Waals surface area contributed by atoms with E-state index in [-0.39, 0.29) is 12.5 Å². The van der Waals surface area contributed by atoms with Crippen molar-refractivity contribution in [3.05, 3.63) is 33.8 Å². The number of hydrogen-bond acceptors (Lipinski definition) is 3. The average molecular weight is 329 g/mol. The number of likely N-dealkylation sites (N-methyl/N-ethyl adjacent to an activating group) is 1. The van der Waals surface area contributed by atoms with Crippen molar-refractivity contribution >= 4 is 21.8 Å². The van der Waals surface area contributed by atoms with Gasteiger partial charge in [0.25, 0.3) is 5.91 Å². The van der Waals surface area contributed by atoms with Crippen LogP contribution in [0.1, 0.15) is 22.8 Å². The Morgan fingerprint density at radius 1 is 1.47 bits per heavy atom. The Morgan fingerprint density at radius 3 is 2.63 bits per heavy atom. The Labute approximate surface area is 122 Å². The van der Waals surface area contributed by atoms with E-state index in [9.17, 15) is 9.90 Å². The molecule has 0 aromatic heterocycles. The molecular formula is C14H21BrN2O2. The Balaban J connectivity index is 2.65. The first-order chi connectivity index (χ1) is 8.71. The molecule has 1 atom stereocenters. The van der Waals surface area contributed by atoms with Gasteiger partial charge in [-0.1, -0.05) is 15.9 Å². The highest BCUT2D eigenvalue weighted by Gasteiger charge is 2.22. The van der Waals surface area contributed by atoms with E-state index in [1.54, 1.807) is 13.0 Å². The van der Waals surface area contributed by atoms with Crippen molar-refractivity contribution in [3.8, 4) is 0 Å². The van der Waals surface area contributed by atoms with Gasteiger partial charge in [-0.2, -0.15) is 0 Å². The van der Waals surface area contributed by atoms with Crippen LogP contribution in [0.5, 0.6) is 0 Å². The van der Waals surface area contributed by atoms with E-state index in [2.05, 4.69) is 21.2 Å². The van der Waals surface area contributed by atoms with Gasteiger partial charge >= 0.3 is 0 Å². The molecule has 1 amide bonds. The first-order valence-corrected chi connectivity index (χ1v) is 6.92. The minimum Gasteiger partial charge on any atom is -0.387 e. The lowest BCUT2D eigenvalue weighted by Crippen LogP contribution is -2.47. The average Bonchev–Trinajstić information content (AvgIpc) is 2.24. The minimum atomic E-state index is -0.942. The van der Waals surface area contributed by atoms with Crippen molar-refractivity contribution in [2.45, 2.75) is 19.4 Å². The maximum atomic E-state index is 12.1. The molecule has 0 spiro atoms. The predicted molar refractivity (Wildman–Crippen MR) is 80.4 cm³/mol. The second-order valence-corrected chi connectivity index (χ2v) is 6.29. The van der Waals surface area contributed by atoms with Gasteiger partial charge in [0.15, 0.2) is 0 Å². The zero-order valence-corrected chi connectivity index (χ0v) is 13.4. The first-order valence-electron chi connectivity index (χ1n) is 6.13. The number of amides is 1. The molecule has 1 aromatic carbocycles. The number of aryl methyl sites for hydroxylation is 1. The highest BCUT2D eigenvalue weighted by Crippen LogP contribution is 2.16. The number of aliphatic hydroxyl groups is 1. The largest absolute Gasteiger partial charge is 0.387 e. The van der Waals surface area contributed by atoms with Gasteiger partial charge in [-0.05, 0) is 51.7 Å². The summed E-state index contributed by atoms with van der Waals surface area (Å²) in [6.45, 7) is 4.31. The monoisotopic (exact) mass is 328 g/mol. The van der Waals surface area contributed by atoms with Gasteiger partial charge in [0.05, 0.1) is 5.60 Å². The lowest BCUT2D eigenvalue weighted by Gasteiger charge is -2.27. The summed E-state index contributed by atoms with van der Waals surface area (Å²) in [5, 5.41) is 12.9. The summed E-state index contributed by atoms with van der Waals surface area (Å²) in [6, 6.07) is 5.50. The zero-order chi connectivity index (χ0) is 14.6. The Morgan fingerprint density at radius 2 is 2.11 bits per heavy atom. The van der Waals surface area contributed by atoms with Crippen LogP contribution in [0.2, 0.25) is 0 Å². The van der Waals surface area contributed by atoms with Gasteiger partial charge in [0.1, 0.15) is 0 Å². The predicted octanol–water partition coefficient (Wildman–Crippen LogP) is 1.80. The molecule has 106 valence electrons. The molecule has 19 heavy (non-hydrogen) atoms. The standard InChI is InChI=1S/C14H21BrN2O2/c1-10-7-11(15)5-6-12(10)13(18)16-8-14(2,19)9-17(3)4/h5-7,19H,8-9H2,1-4H3,(H,16,18). The van der Waals surface area contributed by atoms with Crippen LogP contribution in [0.15, 0.2) is 22.7 Å². The molecule has 0 saturated carbocycles. The lowest BCUT2D eigenvalue weighted by molar-refractivity contribution is 0.0326. The molecule has 2 N–H and O–H groups in total. The molecule has 1 rings (SSSR count). The fraction of sp³-hybridized carbons (Fsp3) is 0.500. The van der Waals surface area contributed by atoms with E-state index in [1.165, 1.54) is 0 Å². The Bertz CT molecular complexity index is 459. The number of halogens is 1. The van der Waals surface area contributed by atoms with Crippen LogP contribution in [0.3, 0.4) is 0 Å². The van der Waals surface area contributed by atoms with Crippen molar-refractivity contribution in [1.29, 1.82) is 0 Å². The maximum Gasteiger partial charge on any atom is 0.251 e. The van der Waals surface area contributed by atoms with Crippen molar-refractivity contribution in [1.82, 2.24) is 10.2 Å². The minimum absolute atomic E-state index is 0.163. The van der Waals surface area contributed by atoms with E-state index in [1.807, 2.05) is 38.1 Å². The van der Waals surface area contributed by atoms with Gasteiger partial charge < -0.3 is 15.3 Å². The number of benzene rings is 1. The van der Waals surface area contributed by atoms with E-state index in [4.69, 9.17) is 0 Å². The molecule has 0 bridgehead atoms. The molecule has 0 fully saturated rings. The van der Waals surface area contributed by atoms with Crippen LogP contribution in [-0.4, -0.2) is 48.7 Å². The van der Waals surface area contributed by atoms with Gasteiger partial charge in [0.2, 0.25) is 0 Å². The zero-order valence-electron chi connectivity index (χ0n) is 11.8. The third-order valence-electron chi connectivity index (χ3n) is 2.72. The quantitative estimate of drug-likeness (QED) is 0.866. The number of carbonyl (C=O) groups is 1. The van der Waals surface area contributed by atoms with Crippen LogP contribution in [0, 0.1) is 6.92 Å². The fourth-order valence-electron chi connectivity index (χ4n) is 1.98. The molecule has 0 radical (unpaired) electrons. The van der Waals surface area contributed by atoms with E-state index >= 15 is 0 Å². The summed E-state index contributed by atoms with van der Waals surface area (Å²) in [4.78, 5) is 13.9. The number of carbonyl (C=O) groups excluding carboxylic acids is 1. The van der Waals surface area contributed by atoms with E-state index < -0.39 is 5.60 Å². The Kier molecular flexibility index (Phi) is 5.52. The molecule has 4 nitrogen and oxygen atoms in total. The van der Waals surface area contributed by atoms with Crippen LogP contribution < -0.4 is 5.32 Å². The van der Waals surface area contributed by atoms with E-state index in [0.29, 0.717) is 12.1 Å². The summed E-state index contributed by atoms with van der Waals surface area (Å²) >= 11 is 3.37. The highest BCUT2D eigenvalue weighted by atomic mass is 79.9.